The number of aliphatic hydroxyl groups is 1. The topological polar surface area (TPSA) is 89.8 Å². The number of nitrogens with one attached hydrogen (secondary N) is 1. The van der Waals surface area contributed by atoms with Crippen LogP contribution in [0.25, 0.3) is 22.2 Å². The highest BCUT2D eigenvalue weighted by Crippen LogP contribution is 2.29. The van der Waals surface area contributed by atoms with Crippen molar-refractivity contribution in [2.75, 3.05) is 0 Å². The van der Waals surface area contributed by atoms with Gasteiger partial charge in [-0.2, -0.15) is 5.26 Å². The molecule has 3 aromatic rings. The Kier molecular flexibility index (Phi) is 4.49. The molecule has 2 aromatic carbocycles. The zero-order chi connectivity index (χ0) is 18.1. The minimum Gasteiger partial charge on any atom is -0.506 e. The number of nitriles is 1. The lowest BCUT2D eigenvalue weighted by atomic mass is 10.1. The first-order valence-corrected chi connectivity index (χ1v) is 7.96. The fraction of sp³-hybridized carbons (Fsp3) is 0.0556. The number of aryl methyl sites for hydroxylation is 1. The van der Waals surface area contributed by atoms with Gasteiger partial charge in [0.15, 0.2) is 5.82 Å². The average Bonchev–Trinajstić information content (AvgIpc) is 2.55. The highest BCUT2D eigenvalue weighted by Gasteiger charge is 2.17. The van der Waals surface area contributed by atoms with E-state index in [1.54, 1.807) is 18.2 Å². The number of benzene rings is 2. The van der Waals surface area contributed by atoms with Gasteiger partial charge in [-0.25, -0.2) is 4.98 Å². The van der Waals surface area contributed by atoms with E-state index in [4.69, 9.17) is 23.2 Å². The third-order valence-corrected chi connectivity index (χ3v) is 4.18. The molecule has 0 aliphatic rings. The summed E-state index contributed by atoms with van der Waals surface area (Å²) in [6, 6.07) is 11.5. The normalized spacial score (nSPS) is 11.9. The molecular formula is C18H11Cl2N3O2. The minimum atomic E-state index is -0.400. The molecule has 0 saturated heterocycles. The number of fused-ring (bicyclic) bond motifs is 1. The predicted molar refractivity (Wildman–Crippen MR) is 98.6 cm³/mol. The van der Waals surface area contributed by atoms with Crippen LogP contribution in [0.4, 0.5) is 0 Å². The number of hydrogen-bond donors (Lipinski definition) is 2. The molecule has 2 N–H and O–H groups in total. The molecule has 124 valence electrons. The van der Waals surface area contributed by atoms with Crippen LogP contribution in [0.2, 0.25) is 10.0 Å². The Morgan fingerprint density at radius 2 is 2.00 bits per heavy atom. The zero-order valence-electron chi connectivity index (χ0n) is 13.0. The Morgan fingerprint density at radius 3 is 2.68 bits per heavy atom. The van der Waals surface area contributed by atoms with Gasteiger partial charge in [-0.1, -0.05) is 29.3 Å². The second-order valence-corrected chi connectivity index (χ2v) is 6.24. The third kappa shape index (κ3) is 3.22. The number of aliphatic hydroxyl groups excluding tert-OH is 1. The first-order chi connectivity index (χ1) is 11.9. The molecule has 3 rings (SSSR count). The summed E-state index contributed by atoms with van der Waals surface area (Å²) in [6.45, 7) is 1.87. The summed E-state index contributed by atoms with van der Waals surface area (Å²) in [5.41, 5.74) is 0.979. The van der Waals surface area contributed by atoms with E-state index in [2.05, 4.69) is 9.97 Å². The van der Waals surface area contributed by atoms with Gasteiger partial charge in [0, 0.05) is 10.6 Å². The SMILES string of the molecule is Cc1ccc2c(=O)[nH]c(C(C#N)=C(O)c3ccc(Cl)cc3Cl)nc2c1. The van der Waals surface area contributed by atoms with Crippen LogP contribution in [0.3, 0.4) is 0 Å². The van der Waals surface area contributed by atoms with Crippen LogP contribution < -0.4 is 5.56 Å². The number of rotatable bonds is 2. The third-order valence-electron chi connectivity index (χ3n) is 3.63. The number of hydrogen-bond acceptors (Lipinski definition) is 4. The van der Waals surface area contributed by atoms with E-state index in [9.17, 15) is 15.2 Å². The molecule has 0 atom stereocenters. The van der Waals surface area contributed by atoms with Crippen molar-refractivity contribution >= 4 is 45.4 Å². The quantitative estimate of drug-likeness (QED) is 0.512. The van der Waals surface area contributed by atoms with Gasteiger partial charge in [-0.05, 0) is 42.8 Å². The number of nitrogens with zero attached hydrogens (tertiary/aromatic N) is 2. The first kappa shape index (κ1) is 17.0. The number of allylic oxidation sites excluding steroid dienone is 1. The minimum absolute atomic E-state index is 0.0332. The maximum absolute atomic E-state index is 12.2. The van der Waals surface area contributed by atoms with E-state index >= 15 is 0 Å². The highest BCUT2D eigenvalue weighted by molar-refractivity contribution is 6.35. The molecule has 1 aromatic heterocycles. The van der Waals surface area contributed by atoms with Gasteiger partial charge in [0.1, 0.15) is 17.4 Å². The molecule has 25 heavy (non-hydrogen) atoms. The summed E-state index contributed by atoms with van der Waals surface area (Å²) in [5.74, 6) is -0.423. The summed E-state index contributed by atoms with van der Waals surface area (Å²) in [6.07, 6.45) is 0. The van der Waals surface area contributed by atoms with E-state index in [1.807, 2.05) is 13.0 Å². The second-order valence-electron chi connectivity index (χ2n) is 5.39. The Labute approximate surface area is 152 Å². The second kappa shape index (κ2) is 6.60. The predicted octanol–water partition coefficient (Wildman–Crippen LogP) is 4.49. The van der Waals surface area contributed by atoms with Gasteiger partial charge in [-0.3, -0.25) is 4.79 Å². The van der Waals surface area contributed by atoms with E-state index < -0.39 is 5.56 Å². The summed E-state index contributed by atoms with van der Waals surface area (Å²) in [5, 5.41) is 20.9. The summed E-state index contributed by atoms with van der Waals surface area (Å²) < 4.78 is 0. The van der Waals surface area contributed by atoms with Crippen LogP contribution >= 0.6 is 23.2 Å². The smallest absolute Gasteiger partial charge is 0.259 e. The fourth-order valence-corrected chi connectivity index (χ4v) is 2.90. The van der Waals surface area contributed by atoms with Crippen molar-refractivity contribution in [2.24, 2.45) is 0 Å². The zero-order valence-corrected chi connectivity index (χ0v) is 14.5. The molecule has 1 heterocycles. The van der Waals surface area contributed by atoms with E-state index in [-0.39, 0.29) is 27.7 Å². The highest BCUT2D eigenvalue weighted by atomic mass is 35.5. The van der Waals surface area contributed by atoms with Gasteiger partial charge >= 0.3 is 0 Å². The molecule has 0 fully saturated rings. The molecule has 0 aliphatic heterocycles. The van der Waals surface area contributed by atoms with Crippen LogP contribution in [0, 0.1) is 18.3 Å². The summed E-state index contributed by atoms with van der Waals surface area (Å²) >= 11 is 11.9. The number of H-pyrrole nitrogens is 1. The Bertz CT molecular complexity index is 1130. The van der Waals surface area contributed by atoms with Gasteiger partial charge < -0.3 is 10.1 Å². The number of aromatic nitrogens is 2. The van der Waals surface area contributed by atoms with Crippen LogP contribution in [-0.2, 0) is 0 Å². The Hall–Kier alpha value is -2.81. The average molecular weight is 372 g/mol. The van der Waals surface area contributed by atoms with Crippen LogP contribution in [0.1, 0.15) is 17.0 Å². The Balaban J connectivity index is 2.26. The molecule has 5 nitrogen and oxygen atoms in total. The van der Waals surface area contributed by atoms with Crippen molar-refractivity contribution in [1.29, 1.82) is 5.26 Å². The van der Waals surface area contributed by atoms with Crippen molar-refractivity contribution in [2.45, 2.75) is 6.92 Å². The van der Waals surface area contributed by atoms with Crippen molar-refractivity contribution in [3.05, 3.63) is 73.7 Å². The molecule has 0 radical (unpaired) electrons. The maximum Gasteiger partial charge on any atom is 0.259 e. The molecule has 0 unspecified atom stereocenters. The van der Waals surface area contributed by atoms with Crippen LogP contribution in [0.5, 0.6) is 0 Å². The number of halogens is 2. The van der Waals surface area contributed by atoms with Gasteiger partial charge in [-0.15, -0.1) is 0 Å². The monoisotopic (exact) mass is 371 g/mol. The number of aromatic amines is 1. The molecule has 0 amide bonds. The van der Waals surface area contributed by atoms with E-state index in [1.165, 1.54) is 18.2 Å². The van der Waals surface area contributed by atoms with Crippen LogP contribution in [-0.4, -0.2) is 15.1 Å². The Morgan fingerprint density at radius 1 is 1.24 bits per heavy atom. The van der Waals surface area contributed by atoms with E-state index in [0.717, 1.165) is 5.56 Å². The van der Waals surface area contributed by atoms with Gasteiger partial charge in [0.25, 0.3) is 5.56 Å². The standard InChI is InChI=1S/C18H11Cl2N3O2/c1-9-2-4-12-15(6-9)22-17(23-18(12)25)13(8-21)16(24)11-5-3-10(19)7-14(11)20/h2-7,24H,1H3,(H,22,23,25). The van der Waals surface area contributed by atoms with Crippen LogP contribution in [0.15, 0.2) is 41.2 Å². The molecular weight excluding hydrogens is 361 g/mol. The largest absolute Gasteiger partial charge is 0.506 e. The van der Waals surface area contributed by atoms with Crippen molar-refractivity contribution in [1.82, 2.24) is 9.97 Å². The maximum atomic E-state index is 12.2. The first-order valence-electron chi connectivity index (χ1n) is 7.20. The van der Waals surface area contributed by atoms with Crippen molar-refractivity contribution < 1.29 is 5.11 Å². The van der Waals surface area contributed by atoms with E-state index in [0.29, 0.717) is 15.9 Å². The molecule has 0 spiro atoms. The lowest BCUT2D eigenvalue weighted by molar-refractivity contribution is 0.514. The molecule has 0 bridgehead atoms. The molecule has 0 saturated carbocycles. The molecule has 0 aliphatic carbocycles. The lowest BCUT2D eigenvalue weighted by Crippen LogP contribution is -2.12. The summed E-state index contributed by atoms with van der Waals surface area (Å²) in [4.78, 5) is 19.1. The lowest BCUT2D eigenvalue weighted by Gasteiger charge is -2.08. The van der Waals surface area contributed by atoms with Crippen molar-refractivity contribution in [3.63, 3.8) is 0 Å². The molecule has 7 heteroatoms. The summed E-state index contributed by atoms with van der Waals surface area (Å²) in [7, 11) is 0. The van der Waals surface area contributed by atoms with Gasteiger partial charge in [0.2, 0.25) is 0 Å². The van der Waals surface area contributed by atoms with Crippen molar-refractivity contribution in [3.8, 4) is 6.07 Å². The fourth-order valence-electron chi connectivity index (χ4n) is 2.40. The van der Waals surface area contributed by atoms with Gasteiger partial charge in [0.05, 0.1) is 15.9 Å².